The molecule has 0 saturated carbocycles. The number of amides is 1. The van der Waals surface area contributed by atoms with Gasteiger partial charge in [0.1, 0.15) is 11.6 Å². The summed E-state index contributed by atoms with van der Waals surface area (Å²) in [7, 11) is 1.56. The Balaban J connectivity index is 1.75. The third kappa shape index (κ3) is 3.77. The molecular formula is C12H16N6O. The highest BCUT2D eigenvalue weighted by Gasteiger charge is 2.05. The van der Waals surface area contributed by atoms with Crippen LogP contribution in [0.25, 0.3) is 0 Å². The maximum absolute atomic E-state index is 11.3. The molecule has 3 N–H and O–H groups in total. The van der Waals surface area contributed by atoms with Gasteiger partial charge in [0.25, 0.3) is 5.91 Å². The monoisotopic (exact) mass is 260 g/mol. The van der Waals surface area contributed by atoms with Crippen molar-refractivity contribution in [2.45, 2.75) is 12.8 Å². The molecule has 2 rings (SSSR count). The van der Waals surface area contributed by atoms with Crippen LogP contribution in [0.5, 0.6) is 0 Å². The van der Waals surface area contributed by atoms with Crippen molar-refractivity contribution in [3.05, 3.63) is 36.0 Å². The smallest absolute Gasteiger partial charge is 0.271 e. The van der Waals surface area contributed by atoms with E-state index in [1.54, 1.807) is 25.4 Å². The van der Waals surface area contributed by atoms with Gasteiger partial charge >= 0.3 is 0 Å². The zero-order valence-electron chi connectivity index (χ0n) is 10.7. The average Bonchev–Trinajstić information content (AvgIpc) is 2.96. The number of hydrogen-bond acceptors (Lipinski definition) is 5. The highest BCUT2D eigenvalue weighted by Crippen LogP contribution is 2.03. The Morgan fingerprint density at radius 3 is 2.89 bits per heavy atom. The molecule has 0 atom stereocenters. The lowest BCUT2D eigenvalue weighted by Gasteiger charge is -2.04. The van der Waals surface area contributed by atoms with Crippen molar-refractivity contribution in [1.29, 1.82) is 0 Å². The number of imidazole rings is 1. The number of aryl methyl sites for hydroxylation is 1. The van der Waals surface area contributed by atoms with Crippen LogP contribution in [-0.4, -0.2) is 39.7 Å². The molecular weight excluding hydrogens is 244 g/mol. The minimum absolute atomic E-state index is 0.239. The molecule has 0 bridgehead atoms. The Kier molecular flexibility index (Phi) is 4.44. The van der Waals surface area contributed by atoms with E-state index in [9.17, 15) is 4.79 Å². The van der Waals surface area contributed by atoms with Gasteiger partial charge < -0.3 is 15.6 Å². The minimum Gasteiger partial charge on any atom is -0.369 e. The van der Waals surface area contributed by atoms with Crippen molar-refractivity contribution in [3.8, 4) is 0 Å². The number of nitrogens with zero attached hydrogens (tertiary/aromatic N) is 3. The maximum atomic E-state index is 11.3. The molecule has 0 unspecified atom stereocenters. The Labute approximate surface area is 110 Å². The third-order valence-corrected chi connectivity index (χ3v) is 2.58. The average molecular weight is 260 g/mol. The lowest BCUT2D eigenvalue weighted by atomic mass is 10.3. The molecule has 0 fully saturated rings. The number of anilines is 1. The molecule has 0 radical (unpaired) electrons. The van der Waals surface area contributed by atoms with E-state index in [1.165, 1.54) is 0 Å². The van der Waals surface area contributed by atoms with Crippen LogP contribution in [0.15, 0.2) is 24.5 Å². The van der Waals surface area contributed by atoms with E-state index >= 15 is 0 Å². The topological polar surface area (TPSA) is 95.6 Å². The van der Waals surface area contributed by atoms with Crippen molar-refractivity contribution in [3.63, 3.8) is 0 Å². The zero-order chi connectivity index (χ0) is 13.5. The molecule has 7 heteroatoms. The lowest BCUT2D eigenvalue weighted by Crippen LogP contribution is -2.19. The second-order valence-electron chi connectivity index (χ2n) is 3.95. The first-order valence-electron chi connectivity index (χ1n) is 6.07. The largest absolute Gasteiger partial charge is 0.369 e. The Hall–Kier alpha value is -2.44. The fourth-order valence-electron chi connectivity index (χ4n) is 1.58. The number of hydrogen-bond donors (Lipinski definition) is 3. The van der Waals surface area contributed by atoms with Crippen LogP contribution >= 0.6 is 0 Å². The molecule has 100 valence electrons. The van der Waals surface area contributed by atoms with Gasteiger partial charge in [-0.1, -0.05) is 0 Å². The first-order chi connectivity index (χ1) is 9.29. The number of carbonyl (C=O) groups excluding carboxylic acids is 1. The second-order valence-corrected chi connectivity index (χ2v) is 3.95. The first-order valence-corrected chi connectivity index (χ1v) is 6.07. The van der Waals surface area contributed by atoms with Gasteiger partial charge in [-0.2, -0.15) is 0 Å². The molecule has 2 heterocycles. The van der Waals surface area contributed by atoms with Crippen molar-refractivity contribution < 1.29 is 4.79 Å². The van der Waals surface area contributed by atoms with Crippen molar-refractivity contribution in [1.82, 2.24) is 25.5 Å². The molecule has 0 saturated heterocycles. The summed E-state index contributed by atoms with van der Waals surface area (Å²) in [6.45, 7) is 0.773. The van der Waals surface area contributed by atoms with Crippen LogP contribution in [0.3, 0.4) is 0 Å². The number of nitrogens with one attached hydrogen (secondary N) is 3. The molecule has 0 spiro atoms. The second kappa shape index (κ2) is 6.48. The molecule has 0 aromatic carbocycles. The maximum Gasteiger partial charge on any atom is 0.271 e. The van der Waals surface area contributed by atoms with Crippen LogP contribution in [0.2, 0.25) is 0 Å². The Morgan fingerprint density at radius 2 is 2.26 bits per heavy atom. The molecule has 0 aliphatic carbocycles. The quantitative estimate of drug-likeness (QED) is 0.661. The van der Waals surface area contributed by atoms with E-state index in [4.69, 9.17) is 0 Å². The van der Waals surface area contributed by atoms with Gasteiger partial charge in [0.2, 0.25) is 0 Å². The number of carbonyl (C=O) groups is 1. The van der Waals surface area contributed by atoms with Gasteiger partial charge in [0.05, 0.1) is 0 Å². The highest BCUT2D eigenvalue weighted by molar-refractivity contribution is 5.91. The van der Waals surface area contributed by atoms with Gasteiger partial charge in [-0.05, 0) is 18.6 Å². The van der Waals surface area contributed by atoms with Gasteiger partial charge in [0.15, 0.2) is 5.69 Å². The van der Waals surface area contributed by atoms with E-state index < -0.39 is 0 Å². The lowest BCUT2D eigenvalue weighted by molar-refractivity contribution is 0.0957. The van der Waals surface area contributed by atoms with Crippen LogP contribution in [0, 0.1) is 0 Å². The number of rotatable bonds is 6. The highest BCUT2D eigenvalue weighted by atomic mass is 16.1. The predicted octanol–water partition coefficient (Wildman–Crippen LogP) is 0.604. The van der Waals surface area contributed by atoms with E-state index in [-0.39, 0.29) is 5.91 Å². The summed E-state index contributed by atoms with van der Waals surface area (Å²) in [6.07, 6.45) is 5.37. The number of H-pyrrole nitrogens is 1. The zero-order valence-corrected chi connectivity index (χ0v) is 10.7. The molecule has 19 heavy (non-hydrogen) atoms. The number of aromatic nitrogens is 4. The van der Waals surface area contributed by atoms with Crippen molar-refractivity contribution >= 4 is 11.7 Å². The summed E-state index contributed by atoms with van der Waals surface area (Å²) in [5, 5.41) is 13.4. The molecule has 2 aromatic heterocycles. The minimum atomic E-state index is -0.239. The summed E-state index contributed by atoms with van der Waals surface area (Å²) >= 11 is 0. The fourth-order valence-corrected chi connectivity index (χ4v) is 1.58. The molecule has 2 aromatic rings. The fraction of sp³-hybridized carbons (Fsp3) is 0.333. The van der Waals surface area contributed by atoms with E-state index in [0.717, 1.165) is 25.2 Å². The van der Waals surface area contributed by atoms with E-state index in [1.807, 2.05) is 6.20 Å². The molecule has 0 aliphatic rings. The van der Waals surface area contributed by atoms with Crippen LogP contribution in [0.4, 0.5) is 5.82 Å². The number of aromatic amines is 1. The first kappa shape index (κ1) is 13.0. The van der Waals surface area contributed by atoms with E-state index in [0.29, 0.717) is 11.5 Å². The van der Waals surface area contributed by atoms with Gasteiger partial charge in [-0.25, -0.2) is 4.98 Å². The Bertz CT molecular complexity index is 508. The Morgan fingerprint density at radius 1 is 1.37 bits per heavy atom. The standard InChI is InChI=1S/C12H16N6O/c1-13-12(19)9-4-5-11(18-17-9)14-6-2-3-10-15-7-8-16-10/h4-5,7-8H,2-3,6H2,1H3,(H,13,19)(H,14,18)(H,15,16). The van der Waals surface area contributed by atoms with Crippen LogP contribution < -0.4 is 10.6 Å². The van der Waals surface area contributed by atoms with Crippen LogP contribution in [-0.2, 0) is 6.42 Å². The van der Waals surface area contributed by atoms with Crippen molar-refractivity contribution in [2.75, 3.05) is 18.9 Å². The summed E-state index contributed by atoms with van der Waals surface area (Å²) in [5.74, 6) is 1.40. The summed E-state index contributed by atoms with van der Waals surface area (Å²) in [4.78, 5) is 18.5. The van der Waals surface area contributed by atoms with Crippen LogP contribution in [0.1, 0.15) is 22.7 Å². The molecule has 1 amide bonds. The predicted molar refractivity (Wildman–Crippen MR) is 70.8 cm³/mol. The van der Waals surface area contributed by atoms with Gasteiger partial charge in [0, 0.05) is 32.4 Å². The molecule has 7 nitrogen and oxygen atoms in total. The van der Waals surface area contributed by atoms with Crippen molar-refractivity contribution in [2.24, 2.45) is 0 Å². The SMILES string of the molecule is CNC(=O)c1ccc(NCCCc2ncc[nH]2)nn1. The molecule has 0 aliphatic heterocycles. The van der Waals surface area contributed by atoms with Gasteiger partial charge in [-0.15, -0.1) is 10.2 Å². The van der Waals surface area contributed by atoms with E-state index in [2.05, 4.69) is 30.8 Å². The summed E-state index contributed by atoms with van der Waals surface area (Å²) in [6, 6.07) is 3.38. The summed E-state index contributed by atoms with van der Waals surface area (Å²) < 4.78 is 0. The summed E-state index contributed by atoms with van der Waals surface area (Å²) in [5.41, 5.74) is 0.309. The third-order valence-electron chi connectivity index (χ3n) is 2.58. The normalized spacial score (nSPS) is 10.2. The van der Waals surface area contributed by atoms with Gasteiger partial charge in [-0.3, -0.25) is 4.79 Å².